The minimum absolute atomic E-state index is 0.0448. The highest BCUT2D eigenvalue weighted by Crippen LogP contribution is 2.28. The third-order valence-corrected chi connectivity index (χ3v) is 2.72. The molecule has 4 heteroatoms. The Bertz CT molecular complexity index is 148. The second-order valence-corrected chi connectivity index (χ2v) is 3.65. The minimum atomic E-state index is -0.334. The Kier molecular flexibility index (Phi) is 4.12. The molecule has 1 saturated heterocycles. The Morgan fingerprint density at radius 2 is 2.46 bits per heavy atom. The molecule has 78 valence electrons. The molecule has 0 spiro atoms. The van der Waals surface area contributed by atoms with E-state index in [-0.39, 0.29) is 12.2 Å². The van der Waals surface area contributed by atoms with Gasteiger partial charge in [-0.3, -0.25) is 0 Å². The van der Waals surface area contributed by atoms with E-state index < -0.39 is 0 Å². The van der Waals surface area contributed by atoms with Crippen LogP contribution in [0.5, 0.6) is 0 Å². The lowest BCUT2D eigenvalue weighted by Crippen LogP contribution is -2.45. The molecule has 0 radical (unpaired) electrons. The molecule has 1 fully saturated rings. The number of ether oxygens (including phenoxy) is 2. The molecule has 0 saturated carbocycles. The molecule has 0 aromatic heterocycles. The maximum atomic E-state index is 8.67. The molecular weight excluding hydrogens is 170 g/mol. The van der Waals surface area contributed by atoms with E-state index in [0.717, 1.165) is 19.6 Å². The van der Waals surface area contributed by atoms with Gasteiger partial charge < -0.3 is 20.3 Å². The first-order valence-corrected chi connectivity index (χ1v) is 4.75. The molecule has 4 nitrogen and oxygen atoms in total. The number of rotatable bonds is 5. The summed E-state index contributed by atoms with van der Waals surface area (Å²) in [7, 11) is 0. The first kappa shape index (κ1) is 10.9. The quantitative estimate of drug-likeness (QED) is 0.626. The summed E-state index contributed by atoms with van der Waals surface area (Å²) in [6.45, 7) is 4.37. The highest BCUT2D eigenvalue weighted by atomic mass is 16.5. The van der Waals surface area contributed by atoms with E-state index in [1.165, 1.54) is 0 Å². The monoisotopic (exact) mass is 189 g/mol. The predicted octanol–water partition coefficient (Wildman–Crippen LogP) is -0.251. The van der Waals surface area contributed by atoms with Gasteiger partial charge in [-0.2, -0.15) is 0 Å². The third-order valence-electron chi connectivity index (χ3n) is 2.72. The van der Waals surface area contributed by atoms with Crippen LogP contribution in [-0.4, -0.2) is 43.7 Å². The van der Waals surface area contributed by atoms with Crippen molar-refractivity contribution in [3.63, 3.8) is 0 Å². The molecule has 0 aromatic rings. The van der Waals surface area contributed by atoms with E-state index in [9.17, 15) is 0 Å². The molecule has 0 aliphatic carbocycles. The van der Waals surface area contributed by atoms with Crippen molar-refractivity contribution in [1.29, 1.82) is 0 Å². The van der Waals surface area contributed by atoms with Gasteiger partial charge in [0.1, 0.15) is 0 Å². The van der Waals surface area contributed by atoms with Gasteiger partial charge in [-0.25, -0.2) is 0 Å². The van der Waals surface area contributed by atoms with E-state index >= 15 is 0 Å². The number of hydrogen-bond donors (Lipinski definition) is 2. The fraction of sp³-hybridized carbons (Fsp3) is 1.00. The Balaban J connectivity index is 2.45. The summed E-state index contributed by atoms with van der Waals surface area (Å²) in [6.07, 6.45) is 0.999. The van der Waals surface area contributed by atoms with Crippen molar-refractivity contribution < 1.29 is 14.6 Å². The van der Waals surface area contributed by atoms with Crippen LogP contribution < -0.4 is 5.73 Å². The van der Waals surface area contributed by atoms with Gasteiger partial charge >= 0.3 is 0 Å². The Morgan fingerprint density at radius 1 is 1.69 bits per heavy atom. The molecular formula is C9H19NO3. The lowest BCUT2D eigenvalue weighted by Gasteiger charge is -2.33. The molecule has 0 aromatic carbocycles. The first-order chi connectivity index (χ1) is 6.23. The molecule has 1 rings (SSSR count). The second-order valence-electron chi connectivity index (χ2n) is 3.65. The van der Waals surface area contributed by atoms with Crippen molar-refractivity contribution in [2.24, 2.45) is 11.7 Å². The highest BCUT2D eigenvalue weighted by molar-refractivity contribution is 4.87. The van der Waals surface area contributed by atoms with Gasteiger partial charge in [-0.1, -0.05) is 0 Å². The topological polar surface area (TPSA) is 64.7 Å². The van der Waals surface area contributed by atoms with Crippen LogP contribution in [0.4, 0.5) is 0 Å². The zero-order valence-electron chi connectivity index (χ0n) is 8.16. The summed E-state index contributed by atoms with van der Waals surface area (Å²) in [5, 5.41) is 8.67. The lowest BCUT2D eigenvalue weighted by molar-refractivity contribution is -0.0781. The van der Waals surface area contributed by atoms with Gasteiger partial charge in [0, 0.05) is 19.1 Å². The van der Waals surface area contributed by atoms with Crippen LogP contribution in [-0.2, 0) is 9.47 Å². The zero-order valence-corrected chi connectivity index (χ0v) is 8.16. The summed E-state index contributed by atoms with van der Waals surface area (Å²) in [4.78, 5) is 0. The number of hydrogen-bond acceptors (Lipinski definition) is 4. The molecule has 3 N–H and O–H groups in total. The third kappa shape index (κ3) is 2.64. The van der Waals surface area contributed by atoms with Gasteiger partial charge in [0.25, 0.3) is 0 Å². The SMILES string of the molecule is CC(CN)(OCCO)C1CCOC1. The standard InChI is InChI=1S/C9H19NO3/c1-9(7-10,13-5-3-11)8-2-4-12-6-8/h8,11H,2-7,10H2,1H3. The van der Waals surface area contributed by atoms with Crippen molar-refractivity contribution in [3.05, 3.63) is 0 Å². The molecule has 13 heavy (non-hydrogen) atoms. The Hall–Kier alpha value is -0.160. The van der Waals surface area contributed by atoms with Gasteiger partial charge in [0.05, 0.1) is 25.4 Å². The first-order valence-electron chi connectivity index (χ1n) is 4.75. The molecule has 2 atom stereocenters. The Labute approximate surface area is 79.0 Å². The van der Waals surface area contributed by atoms with Crippen LogP contribution in [0.25, 0.3) is 0 Å². The van der Waals surface area contributed by atoms with Crippen molar-refractivity contribution in [1.82, 2.24) is 0 Å². The van der Waals surface area contributed by atoms with E-state index in [0.29, 0.717) is 19.1 Å². The second kappa shape index (κ2) is 4.91. The van der Waals surface area contributed by atoms with Crippen LogP contribution >= 0.6 is 0 Å². The zero-order chi connectivity index (χ0) is 9.73. The van der Waals surface area contributed by atoms with Gasteiger partial charge in [0.2, 0.25) is 0 Å². The summed E-state index contributed by atoms with van der Waals surface area (Å²) >= 11 is 0. The Morgan fingerprint density at radius 3 is 2.92 bits per heavy atom. The molecule has 0 amide bonds. The van der Waals surface area contributed by atoms with E-state index in [1.54, 1.807) is 0 Å². The number of nitrogens with two attached hydrogens (primary N) is 1. The molecule has 2 unspecified atom stereocenters. The molecule has 1 heterocycles. The van der Waals surface area contributed by atoms with E-state index in [1.807, 2.05) is 6.92 Å². The average Bonchev–Trinajstić information content (AvgIpc) is 2.67. The predicted molar refractivity (Wildman–Crippen MR) is 49.4 cm³/mol. The van der Waals surface area contributed by atoms with Gasteiger partial charge in [0.15, 0.2) is 0 Å². The summed E-state index contributed by atoms with van der Waals surface area (Å²) < 4.78 is 10.8. The maximum absolute atomic E-state index is 8.67. The van der Waals surface area contributed by atoms with Crippen LogP contribution in [0.3, 0.4) is 0 Å². The normalized spacial score (nSPS) is 27.5. The molecule has 1 aliphatic rings. The maximum Gasteiger partial charge on any atom is 0.0828 e. The smallest absolute Gasteiger partial charge is 0.0828 e. The fourth-order valence-corrected chi connectivity index (χ4v) is 1.64. The van der Waals surface area contributed by atoms with Crippen LogP contribution in [0.1, 0.15) is 13.3 Å². The summed E-state index contributed by atoms with van der Waals surface area (Å²) in [5.74, 6) is 0.365. The largest absolute Gasteiger partial charge is 0.394 e. The van der Waals surface area contributed by atoms with E-state index in [4.69, 9.17) is 20.3 Å². The summed E-state index contributed by atoms with van der Waals surface area (Å²) in [5.41, 5.74) is 5.33. The van der Waals surface area contributed by atoms with Crippen LogP contribution in [0, 0.1) is 5.92 Å². The van der Waals surface area contributed by atoms with Crippen molar-refractivity contribution >= 4 is 0 Å². The van der Waals surface area contributed by atoms with Crippen molar-refractivity contribution in [2.45, 2.75) is 18.9 Å². The van der Waals surface area contributed by atoms with Crippen LogP contribution in [0.15, 0.2) is 0 Å². The number of aliphatic hydroxyl groups excluding tert-OH is 1. The number of aliphatic hydroxyl groups is 1. The highest BCUT2D eigenvalue weighted by Gasteiger charge is 2.36. The van der Waals surface area contributed by atoms with Crippen molar-refractivity contribution in [3.8, 4) is 0 Å². The molecule has 1 aliphatic heterocycles. The van der Waals surface area contributed by atoms with Gasteiger partial charge in [-0.15, -0.1) is 0 Å². The fourth-order valence-electron chi connectivity index (χ4n) is 1.64. The minimum Gasteiger partial charge on any atom is -0.394 e. The molecule has 0 bridgehead atoms. The van der Waals surface area contributed by atoms with Crippen LogP contribution in [0.2, 0.25) is 0 Å². The van der Waals surface area contributed by atoms with E-state index in [2.05, 4.69) is 0 Å². The van der Waals surface area contributed by atoms with Crippen molar-refractivity contribution in [2.75, 3.05) is 33.0 Å². The van der Waals surface area contributed by atoms with Gasteiger partial charge in [-0.05, 0) is 13.3 Å². The average molecular weight is 189 g/mol. The lowest BCUT2D eigenvalue weighted by atomic mass is 9.88. The summed E-state index contributed by atoms with van der Waals surface area (Å²) in [6, 6.07) is 0.